The standard InChI is InChI=1S/C21H21ClINO2/c22-14-3-1-12(2-4-14)20-17(7-8-18-19(20)11-24-21(18)26)16-6-5-15(25)9-13(16)10-23/h1-6,9,17-20,25H,7-8,10-11H2,(H,24,26)/t17-,18+,19+,20-/m0/s1. The highest BCUT2D eigenvalue weighted by Gasteiger charge is 2.47. The number of hydrogen-bond donors (Lipinski definition) is 2. The van der Waals surface area contributed by atoms with Crippen molar-refractivity contribution in [1.29, 1.82) is 0 Å². The molecule has 0 unspecified atom stereocenters. The Kier molecular flexibility index (Phi) is 5.15. The van der Waals surface area contributed by atoms with E-state index in [1.54, 1.807) is 6.07 Å². The molecule has 136 valence electrons. The van der Waals surface area contributed by atoms with E-state index in [0.717, 1.165) is 28.8 Å². The molecule has 5 heteroatoms. The van der Waals surface area contributed by atoms with Gasteiger partial charge in [0.2, 0.25) is 5.91 Å². The van der Waals surface area contributed by atoms with Crippen molar-refractivity contribution in [3.63, 3.8) is 0 Å². The van der Waals surface area contributed by atoms with Gasteiger partial charge in [-0.2, -0.15) is 0 Å². The van der Waals surface area contributed by atoms with Gasteiger partial charge in [-0.15, -0.1) is 0 Å². The Morgan fingerprint density at radius 3 is 2.58 bits per heavy atom. The average Bonchev–Trinajstić information content (AvgIpc) is 3.03. The van der Waals surface area contributed by atoms with Gasteiger partial charge in [-0.25, -0.2) is 0 Å². The van der Waals surface area contributed by atoms with Gasteiger partial charge in [0, 0.05) is 21.9 Å². The van der Waals surface area contributed by atoms with Crippen LogP contribution in [0.25, 0.3) is 0 Å². The molecule has 1 aliphatic heterocycles. The maximum Gasteiger partial charge on any atom is 0.223 e. The Balaban J connectivity index is 1.79. The second-order valence-electron chi connectivity index (χ2n) is 7.29. The number of amides is 1. The summed E-state index contributed by atoms with van der Waals surface area (Å²) in [5.41, 5.74) is 3.73. The van der Waals surface area contributed by atoms with Gasteiger partial charge in [0.25, 0.3) is 0 Å². The van der Waals surface area contributed by atoms with Crippen LogP contribution < -0.4 is 5.32 Å². The number of benzene rings is 2. The molecule has 0 bridgehead atoms. The summed E-state index contributed by atoms with van der Waals surface area (Å²) in [5.74, 6) is 1.54. The zero-order valence-corrected chi connectivity index (χ0v) is 17.2. The highest BCUT2D eigenvalue weighted by molar-refractivity contribution is 14.1. The molecule has 1 saturated carbocycles. The van der Waals surface area contributed by atoms with Crippen LogP contribution in [0.1, 0.15) is 41.4 Å². The number of rotatable bonds is 3. The molecule has 1 saturated heterocycles. The van der Waals surface area contributed by atoms with Crippen LogP contribution in [0.15, 0.2) is 42.5 Å². The third-order valence-electron chi connectivity index (χ3n) is 5.97. The summed E-state index contributed by atoms with van der Waals surface area (Å²) in [6.07, 6.45) is 1.91. The smallest absolute Gasteiger partial charge is 0.223 e. The lowest BCUT2D eigenvalue weighted by Gasteiger charge is -2.40. The molecule has 26 heavy (non-hydrogen) atoms. The molecule has 2 fully saturated rings. The fraction of sp³-hybridized carbons (Fsp3) is 0.381. The van der Waals surface area contributed by atoms with Crippen LogP contribution >= 0.6 is 34.2 Å². The lowest BCUT2D eigenvalue weighted by atomic mass is 9.63. The van der Waals surface area contributed by atoms with E-state index in [4.69, 9.17) is 11.6 Å². The maximum atomic E-state index is 12.3. The van der Waals surface area contributed by atoms with Crippen LogP contribution in [0.2, 0.25) is 5.02 Å². The van der Waals surface area contributed by atoms with E-state index in [0.29, 0.717) is 17.6 Å². The minimum absolute atomic E-state index is 0.104. The highest BCUT2D eigenvalue weighted by atomic mass is 127. The Bertz CT molecular complexity index is 823. The fourth-order valence-electron chi connectivity index (χ4n) is 4.83. The van der Waals surface area contributed by atoms with Gasteiger partial charge in [-0.3, -0.25) is 4.79 Å². The molecule has 0 aromatic heterocycles. The lowest BCUT2D eigenvalue weighted by Crippen LogP contribution is -2.32. The van der Waals surface area contributed by atoms with Crippen molar-refractivity contribution in [1.82, 2.24) is 5.32 Å². The molecule has 2 aliphatic rings. The first kappa shape index (κ1) is 18.1. The van der Waals surface area contributed by atoms with Crippen LogP contribution in [-0.4, -0.2) is 17.6 Å². The fourth-order valence-corrected chi connectivity index (χ4v) is 5.62. The van der Waals surface area contributed by atoms with E-state index in [1.165, 1.54) is 16.7 Å². The number of hydrogen-bond acceptors (Lipinski definition) is 2. The number of aromatic hydroxyl groups is 1. The molecule has 3 nitrogen and oxygen atoms in total. The van der Waals surface area contributed by atoms with Crippen molar-refractivity contribution < 1.29 is 9.90 Å². The summed E-state index contributed by atoms with van der Waals surface area (Å²) in [4.78, 5) is 12.3. The third-order valence-corrected chi connectivity index (χ3v) is 7.05. The zero-order chi connectivity index (χ0) is 18.3. The van der Waals surface area contributed by atoms with Crippen molar-refractivity contribution in [2.75, 3.05) is 6.54 Å². The van der Waals surface area contributed by atoms with Crippen molar-refractivity contribution in [2.45, 2.75) is 29.1 Å². The largest absolute Gasteiger partial charge is 0.508 e. The monoisotopic (exact) mass is 481 g/mol. The Labute approximate surface area is 172 Å². The van der Waals surface area contributed by atoms with Crippen LogP contribution in [0.3, 0.4) is 0 Å². The van der Waals surface area contributed by atoms with Crippen LogP contribution in [0.4, 0.5) is 0 Å². The normalized spacial score (nSPS) is 27.8. The van der Waals surface area contributed by atoms with Gasteiger partial charge in [-0.05, 0) is 71.6 Å². The Hall–Kier alpha value is -1.27. The molecule has 0 spiro atoms. The number of halogens is 2. The van der Waals surface area contributed by atoms with E-state index in [2.05, 4.69) is 46.1 Å². The topological polar surface area (TPSA) is 49.3 Å². The molecule has 1 aliphatic carbocycles. The first-order valence-corrected chi connectivity index (χ1v) is 10.9. The van der Waals surface area contributed by atoms with Crippen molar-refractivity contribution in [3.8, 4) is 5.75 Å². The number of phenolic OH excluding ortho intramolecular Hbond substituents is 1. The molecule has 1 heterocycles. The van der Waals surface area contributed by atoms with Crippen LogP contribution in [0.5, 0.6) is 5.75 Å². The zero-order valence-electron chi connectivity index (χ0n) is 14.3. The first-order valence-electron chi connectivity index (χ1n) is 8.99. The molecular formula is C21H21ClINO2. The van der Waals surface area contributed by atoms with Gasteiger partial charge in [-0.1, -0.05) is 52.4 Å². The Morgan fingerprint density at radius 1 is 1.12 bits per heavy atom. The van der Waals surface area contributed by atoms with Crippen molar-refractivity contribution in [3.05, 3.63) is 64.2 Å². The molecule has 2 aromatic rings. The first-order chi connectivity index (χ1) is 12.6. The number of carbonyl (C=O) groups is 1. The SMILES string of the molecule is O=C1NC[C@H]2[C@@H](c3ccc(Cl)cc3)[C@H](c3ccc(O)cc3CI)CC[C@@H]12. The summed E-state index contributed by atoms with van der Waals surface area (Å²) in [5, 5.41) is 13.7. The molecule has 4 rings (SSSR count). The number of carbonyl (C=O) groups excluding carboxylic acids is 1. The molecule has 1 amide bonds. The van der Waals surface area contributed by atoms with Crippen LogP contribution in [-0.2, 0) is 9.22 Å². The average molecular weight is 482 g/mol. The summed E-state index contributed by atoms with van der Waals surface area (Å²) >= 11 is 8.47. The number of alkyl halides is 1. The van der Waals surface area contributed by atoms with E-state index in [9.17, 15) is 9.90 Å². The molecule has 0 radical (unpaired) electrons. The van der Waals surface area contributed by atoms with E-state index in [1.807, 2.05) is 18.2 Å². The second kappa shape index (κ2) is 7.39. The van der Waals surface area contributed by atoms with Crippen molar-refractivity contribution in [2.24, 2.45) is 11.8 Å². The van der Waals surface area contributed by atoms with Crippen LogP contribution in [0, 0.1) is 11.8 Å². The highest BCUT2D eigenvalue weighted by Crippen LogP contribution is 2.52. The Morgan fingerprint density at radius 2 is 1.85 bits per heavy atom. The molecule has 4 atom stereocenters. The lowest BCUT2D eigenvalue weighted by molar-refractivity contribution is -0.123. The van der Waals surface area contributed by atoms with Gasteiger partial charge >= 0.3 is 0 Å². The van der Waals surface area contributed by atoms with Crippen molar-refractivity contribution >= 4 is 40.1 Å². The minimum atomic E-state index is 0.104. The quantitative estimate of drug-likeness (QED) is 0.479. The van der Waals surface area contributed by atoms with E-state index in [-0.39, 0.29) is 17.7 Å². The molecular weight excluding hydrogens is 461 g/mol. The van der Waals surface area contributed by atoms with E-state index < -0.39 is 0 Å². The van der Waals surface area contributed by atoms with E-state index >= 15 is 0 Å². The second-order valence-corrected chi connectivity index (χ2v) is 8.49. The number of nitrogens with one attached hydrogen (secondary N) is 1. The molecule has 2 N–H and O–H groups in total. The predicted octanol–water partition coefficient (Wildman–Crippen LogP) is 5.00. The summed E-state index contributed by atoms with van der Waals surface area (Å²) in [6.45, 7) is 0.741. The number of fused-ring (bicyclic) bond motifs is 1. The predicted molar refractivity (Wildman–Crippen MR) is 112 cm³/mol. The van der Waals surface area contributed by atoms with Gasteiger partial charge in [0.1, 0.15) is 5.75 Å². The number of phenols is 1. The minimum Gasteiger partial charge on any atom is -0.508 e. The summed E-state index contributed by atoms with van der Waals surface area (Å²) < 4.78 is 0.858. The third kappa shape index (κ3) is 3.22. The van der Waals surface area contributed by atoms with Gasteiger partial charge in [0.05, 0.1) is 0 Å². The van der Waals surface area contributed by atoms with Gasteiger partial charge < -0.3 is 10.4 Å². The molecule has 2 aromatic carbocycles. The summed E-state index contributed by atoms with van der Waals surface area (Å²) in [6, 6.07) is 13.8. The summed E-state index contributed by atoms with van der Waals surface area (Å²) in [7, 11) is 0. The van der Waals surface area contributed by atoms with Gasteiger partial charge in [0.15, 0.2) is 0 Å². The maximum absolute atomic E-state index is 12.3.